The fraction of sp³-hybridized carbons (Fsp3) is 0.455. The number of benzene rings is 1. The Morgan fingerprint density at radius 3 is 3.00 bits per heavy atom. The number of aliphatic hydroxyl groups is 1. The summed E-state index contributed by atoms with van der Waals surface area (Å²) in [6.45, 7) is 2.04. The molecular formula is C11H14O2S. The van der Waals surface area contributed by atoms with Crippen LogP contribution in [0.5, 0.6) is 5.75 Å². The van der Waals surface area contributed by atoms with Gasteiger partial charge in [0.15, 0.2) is 0 Å². The van der Waals surface area contributed by atoms with Crippen molar-refractivity contribution in [3.05, 3.63) is 28.8 Å². The molecule has 1 heterocycles. The van der Waals surface area contributed by atoms with Crippen LogP contribution in [-0.2, 0) is 5.75 Å². The number of hydrogen-bond acceptors (Lipinski definition) is 3. The summed E-state index contributed by atoms with van der Waals surface area (Å²) in [5, 5.41) is 9.89. The van der Waals surface area contributed by atoms with E-state index < -0.39 is 0 Å². The van der Waals surface area contributed by atoms with Crippen molar-refractivity contribution in [2.75, 3.05) is 12.9 Å². The highest BCUT2D eigenvalue weighted by Crippen LogP contribution is 2.38. The Hall–Kier alpha value is -0.670. The van der Waals surface area contributed by atoms with Gasteiger partial charge in [-0.2, -0.15) is 11.8 Å². The number of rotatable bonds is 1. The summed E-state index contributed by atoms with van der Waals surface area (Å²) in [5.41, 5.74) is 3.40. The van der Waals surface area contributed by atoms with E-state index in [-0.39, 0.29) is 6.10 Å². The van der Waals surface area contributed by atoms with Gasteiger partial charge in [-0.25, -0.2) is 0 Å². The quantitative estimate of drug-likeness (QED) is 0.771. The molecular weight excluding hydrogens is 196 g/mol. The average molecular weight is 210 g/mol. The Kier molecular flexibility index (Phi) is 2.70. The zero-order valence-electron chi connectivity index (χ0n) is 8.41. The first-order valence-corrected chi connectivity index (χ1v) is 5.81. The van der Waals surface area contributed by atoms with Gasteiger partial charge in [0, 0.05) is 17.1 Å². The molecule has 1 aromatic carbocycles. The lowest BCUT2D eigenvalue weighted by molar-refractivity contribution is 0.200. The second-order valence-corrected chi connectivity index (χ2v) is 4.54. The van der Waals surface area contributed by atoms with E-state index in [1.807, 2.05) is 19.1 Å². The zero-order chi connectivity index (χ0) is 10.1. The predicted molar refractivity (Wildman–Crippen MR) is 58.9 cm³/mol. The molecule has 76 valence electrons. The highest BCUT2D eigenvalue weighted by atomic mass is 32.2. The zero-order valence-corrected chi connectivity index (χ0v) is 9.23. The van der Waals surface area contributed by atoms with Crippen molar-refractivity contribution in [3.8, 4) is 5.75 Å². The Morgan fingerprint density at radius 1 is 1.50 bits per heavy atom. The summed E-state index contributed by atoms with van der Waals surface area (Å²) < 4.78 is 5.29. The van der Waals surface area contributed by atoms with Crippen molar-refractivity contribution in [1.82, 2.24) is 0 Å². The van der Waals surface area contributed by atoms with Crippen LogP contribution >= 0.6 is 11.8 Å². The van der Waals surface area contributed by atoms with E-state index in [2.05, 4.69) is 0 Å². The molecule has 1 aliphatic rings. The van der Waals surface area contributed by atoms with Gasteiger partial charge in [0.1, 0.15) is 5.75 Å². The minimum absolute atomic E-state index is 0.334. The summed E-state index contributed by atoms with van der Waals surface area (Å²) in [4.78, 5) is 0. The van der Waals surface area contributed by atoms with Gasteiger partial charge in [-0.15, -0.1) is 0 Å². The summed E-state index contributed by atoms with van der Waals surface area (Å²) in [6, 6.07) is 3.99. The number of methoxy groups -OCH3 is 1. The third-order valence-electron chi connectivity index (χ3n) is 2.61. The minimum Gasteiger partial charge on any atom is -0.496 e. The molecule has 0 fully saturated rings. The molecule has 1 aliphatic heterocycles. The summed E-state index contributed by atoms with van der Waals surface area (Å²) in [5.74, 6) is 2.63. The molecule has 0 aromatic heterocycles. The first-order chi connectivity index (χ1) is 6.74. The number of fused-ring (bicyclic) bond motifs is 1. The molecule has 0 saturated heterocycles. The van der Waals surface area contributed by atoms with E-state index in [0.29, 0.717) is 0 Å². The topological polar surface area (TPSA) is 29.5 Å². The van der Waals surface area contributed by atoms with E-state index in [9.17, 15) is 5.11 Å². The van der Waals surface area contributed by atoms with Crippen molar-refractivity contribution in [1.29, 1.82) is 0 Å². The molecule has 2 nitrogen and oxygen atoms in total. The van der Waals surface area contributed by atoms with Crippen molar-refractivity contribution in [3.63, 3.8) is 0 Å². The van der Waals surface area contributed by atoms with Gasteiger partial charge in [-0.05, 0) is 24.1 Å². The van der Waals surface area contributed by atoms with Gasteiger partial charge in [0.25, 0.3) is 0 Å². The van der Waals surface area contributed by atoms with Gasteiger partial charge in [-0.3, -0.25) is 0 Å². The Labute approximate surface area is 88.3 Å². The number of aliphatic hydroxyl groups excluding tert-OH is 1. The largest absolute Gasteiger partial charge is 0.496 e. The fourth-order valence-electron chi connectivity index (χ4n) is 1.92. The van der Waals surface area contributed by atoms with Crippen LogP contribution in [-0.4, -0.2) is 18.0 Å². The van der Waals surface area contributed by atoms with Crippen LogP contribution < -0.4 is 4.74 Å². The lowest BCUT2D eigenvalue weighted by Gasteiger charge is -2.24. The first-order valence-electron chi connectivity index (χ1n) is 4.66. The summed E-state index contributed by atoms with van der Waals surface area (Å²) in [7, 11) is 1.68. The molecule has 0 aliphatic carbocycles. The maximum absolute atomic E-state index is 9.89. The molecule has 0 radical (unpaired) electrons. The molecule has 0 bridgehead atoms. The standard InChI is InChI=1S/C11H14O2S/c1-7-3-4-10(13-2)8-5-14-6-9(12)11(7)8/h3-4,9,12H,5-6H2,1-2H3. The molecule has 1 atom stereocenters. The van der Waals surface area contributed by atoms with Crippen molar-refractivity contribution < 1.29 is 9.84 Å². The summed E-state index contributed by atoms with van der Waals surface area (Å²) >= 11 is 1.75. The van der Waals surface area contributed by atoms with E-state index in [1.165, 1.54) is 0 Å². The highest BCUT2D eigenvalue weighted by molar-refractivity contribution is 7.98. The molecule has 2 rings (SSSR count). The number of thioether (sulfide) groups is 1. The second-order valence-electron chi connectivity index (χ2n) is 3.51. The molecule has 0 amide bonds. The number of ether oxygens (including phenoxy) is 1. The predicted octanol–water partition coefficient (Wildman–Crippen LogP) is 2.28. The average Bonchev–Trinajstić information content (AvgIpc) is 2.18. The van der Waals surface area contributed by atoms with Gasteiger partial charge in [0.05, 0.1) is 13.2 Å². The first kappa shape index (κ1) is 9.87. The number of hydrogen-bond donors (Lipinski definition) is 1. The summed E-state index contributed by atoms with van der Waals surface area (Å²) in [6.07, 6.45) is -0.334. The van der Waals surface area contributed by atoms with Crippen LogP contribution in [0, 0.1) is 6.92 Å². The monoisotopic (exact) mass is 210 g/mol. The van der Waals surface area contributed by atoms with Gasteiger partial charge < -0.3 is 9.84 Å². The third kappa shape index (κ3) is 1.51. The maximum atomic E-state index is 9.89. The SMILES string of the molecule is COc1ccc(C)c2c1CSCC2O. The lowest BCUT2D eigenvalue weighted by Crippen LogP contribution is -2.12. The van der Waals surface area contributed by atoms with Crippen LogP contribution in [0.25, 0.3) is 0 Å². The van der Waals surface area contributed by atoms with Crippen molar-refractivity contribution in [2.45, 2.75) is 18.8 Å². The Bertz CT molecular complexity index is 349. The highest BCUT2D eigenvalue weighted by Gasteiger charge is 2.23. The van der Waals surface area contributed by atoms with E-state index in [1.54, 1.807) is 18.9 Å². The fourth-order valence-corrected chi connectivity index (χ4v) is 2.93. The molecule has 1 aromatic rings. The van der Waals surface area contributed by atoms with Crippen LogP contribution in [0.15, 0.2) is 12.1 Å². The Balaban J connectivity index is 2.57. The molecule has 1 unspecified atom stereocenters. The van der Waals surface area contributed by atoms with Gasteiger partial charge in [-0.1, -0.05) is 6.07 Å². The minimum atomic E-state index is -0.334. The van der Waals surface area contributed by atoms with Crippen molar-refractivity contribution in [2.24, 2.45) is 0 Å². The maximum Gasteiger partial charge on any atom is 0.123 e. The molecule has 0 saturated carbocycles. The lowest BCUT2D eigenvalue weighted by atomic mass is 9.97. The van der Waals surface area contributed by atoms with Crippen LogP contribution in [0.4, 0.5) is 0 Å². The Morgan fingerprint density at radius 2 is 2.29 bits per heavy atom. The smallest absolute Gasteiger partial charge is 0.123 e. The molecule has 14 heavy (non-hydrogen) atoms. The van der Waals surface area contributed by atoms with Gasteiger partial charge in [0.2, 0.25) is 0 Å². The molecule has 1 N–H and O–H groups in total. The van der Waals surface area contributed by atoms with E-state index >= 15 is 0 Å². The van der Waals surface area contributed by atoms with Crippen LogP contribution in [0.2, 0.25) is 0 Å². The second kappa shape index (κ2) is 3.83. The third-order valence-corrected chi connectivity index (χ3v) is 3.65. The van der Waals surface area contributed by atoms with E-state index in [0.717, 1.165) is 33.9 Å². The normalized spacial score (nSPS) is 20.4. The molecule has 0 spiro atoms. The van der Waals surface area contributed by atoms with E-state index in [4.69, 9.17) is 4.74 Å². The van der Waals surface area contributed by atoms with Gasteiger partial charge >= 0.3 is 0 Å². The molecule has 3 heteroatoms. The van der Waals surface area contributed by atoms with Crippen LogP contribution in [0.1, 0.15) is 22.8 Å². The number of aryl methyl sites for hydroxylation is 1. The van der Waals surface area contributed by atoms with Crippen molar-refractivity contribution >= 4 is 11.8 Å². The van der Waals surface area contributed by atoms with Crippen LogP contribution in [0.3, 0.4) is 0 Å².